The van der Waals surface area contributed by atoms with Crippen molar-refractivity contribution in [3.05, 3.63) is 24.0 Å². The Kier molecular flexibility index (Phi) is 4.58. The van der Waals surface area contributed by atoms with Crippen molar-refractivity contribution in [1.82, 2.24) is 0 Å². The predicted octanol–water partition coefficient (Wildman–Crippen LogP) is 4.15. The third kappa shape index (κ3) is 3.66. The summed E-state index contributed by atoms with van der Waals surface area (Å²) in [6.07, 6.45) is 1.06. The van der Waals surface area contributed by atoms with Crippen LogP contribution in [0.2, 0.25) is 0 Å². The average molecular weight is 296 g/mol. The minimum absolute atomic E-state index is 0.126. The summed E-state index contributed by atoms with van der Waals surface area (Å²) < 4.78 is 18.9. The lowest BCUT2D eigenvalue weighted by Crippen LogP contribution is -2.30. The second-order valence-corrected chi connectivity index (χ2v) is 7.01. The van der Waals surface area contributed by atoms with Gasteiger partial charge >= 0.3 is 0 Å². The van der Waals surface area contributed by atoms with Gasteiger partial charge in [0.1, 0.15) is 11.6 Å². The molecule has 0 aromatic heterocycles. The summed E-state index contributed by atoms with van der Waals surface area (Å²) in [5.74, 6) is 1.33. The van der Waals surface area contributed by atoms with Crippen LogP contribution in [-0.2, 0) is 0 Å². The Morgan fingerprint density at radius 1 is 1.40 bits per heavy atom. The molecule has 1 atom stereocenters. The van der Waals surface area contributed by atoms with Gasteiger partial charge < -0.3 is 10.1 Å². The number of amidine groups is 1. The molecule has 1 aliphatic rings. The molecule has 0 saturated carbocycles. The first kappa shape index (κ1) is 15.2. The predicted molar refractivity (Wildman–Crippen MR) is 84.3 cm³/mol. The molecule has 0 radical (unpaired) electrons. The lowest BCUT2D eigenvalue weighted by molar-refractivity contribution is 0.316. The fraction of sp³-hybridized carbons (Fsp3) is 0.533. The first-order valence-electron chi connectivity index (χ1n) is 6.71. The van der Waals surface area contributed by atoms with Crippen molar-refractivity contribution in [2.45, 2.75) is 33.2 Å². The number of benzene rings is 1. The van der Waals surface area contributed by atoms with Gasteiger partial charge in [0.25, 0.3) is 0 Å². The zero-order valence-corrected chi connectivity index (χ0v) is 13.2. The van der Waals surface area contributed by atoms with Gasteiger partial charge in [0, 0.05) is 11.8 Å². The monoisotopic (exact) mass is 296 g/mol. The molecule has 1 heterocycles. The van der Waals surface area contributed by atoms with Gasteiger partial charge in [-0.25, -0.2) is 4.39 Å². The summed E-state index contributed by atoms with van der Waals surface area (Å²) in [5.41, 5.74) is 0.533. The molecule has 0 saturated heterocycles. The maximum atomic E-state index is 13.8. The van der Waals surface area contributed by atoms with Gasteiger partial charge in [-0.05, 0) is 24.0 Å². The van der Waals surface area contributed by atoms with E-state index in [0.29, 0.717) is 11.4 Å². The fourth-order valence-corrected chi connectivity index (χ4v) is 2.97. The first-order chi connectivity index (χ1) is 9.40. The molecule has 1 N–H and O–H groups in total. The SMILES string of the molecule is COc1ccc(F)c(NC2=NC(C(C)(C)C)CCS2)c1. The van der Waals surface area contributed by atoms with Crippen molar-refractivity contribution in [3.63, 3.8) is 0 Å². The van der Waals surface area contributed by atoms with E-state index in [1.807, 2.05) is 0 Å². The number of nitrogens with zero attached hydrogens (tertiary/aromatic N) is 1. The van der Waals surface area contributed by atoms with E-state index < -0.39 is 0 Å². The summed E-state index contributed by atoms with van der Waals surface area (Å²) in [6, 6.07) is 4.92. The Balaban J connectivity index is 2.19. The number of ether oxygens (including phenoxy) is 1. The number of halogens is 1. The molecule has 1 unspecified atom stereocenters. The van der Waals surface area contributed by atoms with Crippen LogP contribution >= 0.6 is 11.8 Å². The van der Waals surface area contributed by atoms with Crippen molar-refractivity contribution in [1.29, 1.82) is 0 Å². The normalized spacial score (nSPS) is 19.4. The van der Waals surface area contributed by atoms with Crippen LogP contribution in [0.25, 0.3) is 0 Å². The molecule has 20 heavy (non-hydrogen) atoms. The van der Waals surface area contributed by atoms with Gasteiger partial charge in [-0.15, -0.1) is 0 Å². The van der Waals surface area contributed by atoms with Gasteiger partial charge in [-0.3, -0.25) is 4.99 Å². The largest absolute Gasteiger partial charge is 0.497 e. The lowest BCUT2D eigenvalue weighted by Gasteiger charge is -2.31. The van der Waals surface area contributed by atoms with Gasteiger partial charge in [0.05, 0.1) is 18.8 Å². The summed E-state index contributed by atoms with van der Waals surface area (Å²) in [7, 11) is 1.57. The molecule has 1 aliphatic heterocycles. The molecular weight excluding hydrogens is 275 g/mol. The van der Waals surface area contributed by atoms with E-state index in [1.54, 1.807) is 31.0 Å². The molecule has 1 aromatic rings. The van der Waals surface area contributed by atoms with Crippen LogP contribution in [0.5, 0.6) is 5.75 Å². The zero-order chi connectivity index (χ0) is 14.8. The third-order valence-electron chi connectivity index (χ3n) is 3.32. The van der Waals surface area contributed by atoms with E-state index in [2.05, 4.69) is 26.1 Å². The molecule has 2 rings (SSSR count). The van der Waals surface area contributed by atoms with E-state index in [0.717, 1.165) is 17.3 Å². The molecule has 5 heteroatoms. The van der Waals surface area contributed by atoms with Gasteiger partial charge in [-0.2, -0.15) is 0 Å². The van der Waals surface area contributed by atoms with Gasteiger partial charge in [0.15, 0.2) is 5.17 Å². The van der Waals surface area contributed by atoms with Crippen LogP contribution in [0.15, 0.2) is 23.2 Å². The van der Waals surface area contributed by atoms with Crippen LogP contribution in [0.3, 0.4) is 0 Å². The number of nitrogens with one attached hydrogen (secondary N) is 1. The summed E-state index contributed by atoms with van der Waals surface area (Å²) >= 11 is 1.63. The highest BCUT2D eigenvalue weighted by Crippen LogP contribution is 2.31. The van der Waals surface area contributed by atoms with Crippen LogP contribution in [0, 0.1) is 11.2 Å². The fourth-order valence-electron chi connectivity index (χ4n) is 2.05. The molecule has 0 aliphatic carbocycles. The Hall–Kier alpha value is -1.23. The van der Waals surface area contributed by atoms with Gasteiger partial charge in [-0.1, -0.05) is 32.5 Å². The zero-order valence-electron chi connectivity index (χ0n) is 12.4. The number of anilines is 1. The number of methoxy groups -OCH3 is 1. The maximum absolute atomic E-state index is 13.8. The quantitative estimate of drug-likeness (QED) is 0.890. The minimum atomic E-state index is -0.299. The summed E-state index contributed by atoms with van der Waals surface area (Å²) in [5, 5.41) is 3.86. The molecule has 110 valence electrons. The standard InChI is InChI=1S/C15H21FN2OS/c1-15(2,3)13-7-8-20-14(18-13)17-12-9-10(19-4)5-6-11(12)16/h5-6,9,13H,7-8H2,1-4H3,(H,17,18). The highest BCUT2D eigenvalue weighted by Gasteiger charge is 2.27. The Morgan fingerprint density at radius 3 is 2.80 bits per heavy atom. The van der Waals surface area contributed by atoms with Crippen LogP contribution in [-0.4, -0.2) is 24.1 Å². The topological polar surface area (TPSA) is 33.6 Å². The molecule has 0 amide bonds. The van der Waals surface area contributed by atoms with Crippen molar-refractivity contribution in [2.24, 2.45) is 10.4 Å². The van der Waals surface area contributed by atoms with E-state index >= 15 is 0 Å². The summed E-state index contributed by atoms with van der Waals surface area (Å²) in [6.45, 7) is 6.54. The highest BCUT2D eigenvalue weighted by molar-refractivity contribution is 8.14. The minimum Gasteiger partial charge on any atom is -0.497 e. The molecular formula is C15H21FN2OS. The number of thioether (sulfide) groups is 1. The van der Waals surface area contributed by atoms with Crippen LogP contribution in [0.4, 0.5) is 10.1 Å². The average Bonchev–Trinajstić information content (AvgIpc) is 2.41. The smallest absolute Gasteiger partial charge is 0.161 e. The molecule has 3 nitrogen and oxygen atoms in total. The Bertz CT molecular complexity index is 511. The van der Waals surface area contributed by atoms with Crippen molar-refractivity contribution in [3.8, 4) is 5.75 Å². The van der Waals surface area contributed by atoms with E-state index in [4.69, 9.17) is 9.73 Å². The number of rotatable bonds is 2. The molecule has 0 fully saturated rings. The Labute approximate surface area is 124 Å². The highest BCUT2D eigenvalue weighted by atomic mass is 32.2. The van der Waals surface area contributed by atoms with E-state index in [1.165, 1.54) is 6.07 Å². The second kappa shape index (κ2) is 6.04. The third-order valence-corrected chi connectivity index (χ3v) is 4.24. The molecule has 1 aromatic carbocycles. The second-order valence-electron chi connectivity index (χ2n) is 5.92. The molecule has 0 bridgehead atoms. The first-order valence-corrected chi connectivity index (χ1v) is 7.70. The van der Waals surface area contributed by atoms with E-state index in [9.17, 15) is 4.39 Å². The Morgan fingerprint density at radius 2 is 2.15 bits per heavy atom. The number of hydrogen-bond acceptors (Lipinski definition) is 4. The number of hydrogen-bond donors (Lipinski definition) is 1. The molecule has 0 spiro atoms. The maximum Gasteiger partial charge on any atom is 0.161 e. The van der Waals surface area contributed by atoms with Crippen LogP contribution in [0.1, 0.15) is 27.2 Å². The lowest BCUT2D eigenvalue weighted by atomic mass is 9.85. The van der Waals surface area contributed by atoms with Crippen molar-refractivity contribution in [2.75, 3.05) is 18.2 Å². The van der Waals surface area contributed by atoms with Gasteiger partial charge in [0.2, 0.25) is 0 Å². The summed E-state index contributed by atoms with van der Waals surface area (Å²) in [4.78, 5) is 4.71. The number of aliphatic imine (C=N–C) groups is 1. The van der Waals surface area contributed by atoms with Crippen LogP contribution < -0.4 is 10.1 Å². The van der Waals surface area contributed by atoms with Crippen molar-refractivity contribution < 1.29 is 9.13 Å². The van der Waals surface area contributed by atoms with Crippen molar-refractivity contribution >= 4 is 22.6 Å². The van der Waals surface area contributed by atoms with E-state index in [-0.39, 0.29) is 17.3 Å².